The minimum absolute atomic E-state index is 0.0240. The van der Waals surface area contributed by atoms with Crippen molar-refractivity contribution in [3.8, 4) is 10.6 Å². The smallest absolute Gasteiger partial charge is 0.249 e. The molecule has 0 saturated carbocycles. The van der Waals surface area contributed by atoms with Crippen LogP contribution < -0.4 is 5.32 Å². The van der Waals surface area contributed by atoms with E-state index in [4.69, 9.17) is 0 Å². The molecule has 1 aliphatic heterocycles. The van der Waals surface area contributed by atoms with Gasteiger partial charge < -0.3 is 4.90 Å². The Balaban J connectivity index is 1.72. The topological polar surface area (TPSA) is 75.2 Å². The lowest BCUT2D eigenvalue weighted by Crippen LogP contribution is -2.44. The molecule has 6 nitrogen and oxygen atoms in total. The highest BCUT2D eigenvalue weighted by atomic mass is 32.1. The Labute approximate surface area is 157 Å². The largest absolute Gasteiger partial charge is 0.330 e. The number of hydrogen-bond acceptors (Lipinski definition) is 5. The SMILES string of the molecule is Cc1ccc(-c2nnc(NC(=O)C3CCCN3C(=O)C(C)C)s2)c(C)c1. The summed E-state index contributed by atoms with van der Waals surface area (Å²) in [6.07, 6.45) is 1.54. The number of hydrogen-bond donors (Lipinski definition) is 1. The lowest BCUT2D eigenvalue weighted by atomic mass is 10.1. The maximum atomic E-state index is 12.6. The van der Waals surface area contributed by atoms with Gasteiger partial charge in [-0.05, 0) is 32.3 Å². The molecular formula is C19H24N4O2S. The van der Waals surface area contributed by atoms with Gasteiger partial charge >= 0.3 is 0 Å². The van der Waals surface area contributed by atoms with E-state index in [9.17, 15) is 9.59 Å². The van der Waals surface area contributed by atoms with E-state index in [2.05, 4.69) is 21.6 Å². The molecule has 1 aliphatic rings. The molecule has 1 N–H and O–H groups in total. The maximum Gasteiger partial charge on any atom is 0.249 e. The van der Waals surface area contributed by atoms with Crippen molar-refractivity contribution in [2.24, 2.45) is 5.92 Å². The van der Waals surface area contributed by atoms with E-state index in [1.807, 2.05) is 39.8 Å². The van der Waals surface area contributed by atoms with E-state index >= 15 is 0 Å². The molecule has 7 heteroatoms. The second-order valence-electron chi connectivity index (χ2n) is 7.06. The van der Waals surface area contributed by atoms with E-state index < -0.39 is 6.04 Å². The molecule has 1 fully saturated rings. The molecular weight excluding hydrogens is 348 g/mol. The molecule has 1 saturated heterocycles. The van der Waals surface area contributed by atoms with Crippen molar-refractivity contribution in [1.82, 2.24) is 15.1 Å². The van der Waals surface area contributed by atoms with Gasteiger partial charge in [0.05, 0.1) is 0 Å². The number of carbonyl (C=O) groups excluding carboxylic acids is 2. The highest BCUT2D eigenvalue weighted by molar-refractivity contribution is 7.18. The number of carbonyl (C=O) groups is 2. The fourth-order valence-electron chi connectivity index (χ4n) is 3.26. The highest BCUT2D eigenvalue weighted by Crippen LogP contribution is 2.30. The number of nitrogens with one attached hydrogen (secondary N) is 1. The van der Waals surface area contributed by atoms with Gasteiger partial charge in [0.1, 0.15) is 11.0 Å². The summed E-state index contributed by atoms with van der Waals surface area (Å²) in [7, 11) is 0. The van der Waals surface area contributed by atoms with Gasteiger partial charge in [-0.25, -0.2) is 0 Å². The molecule has 2 aromatic rings. The fraction of sp³-hybridized carbons (Fsp3) is 0.474. The van der Waals surface area contributed by atoms with Gasteiger partial charge in [-0.3, -0.25) is 14.9 Å². The Hall–Kier alpha value is -2.28. The van der Waals surface area contributed by atoms with E-state index in [1.54, 1.807) is 4.90 Å². The second-order valence-corrected chi connectivity index (χ2v) is 8.04. The van der Waals surface area contributed by atoms with Gasteiger partial charge in [0.2, 0.25) is 16.9 Å². The summed E-state index contributed by atoms with van der Waals surface area (Å²) in [5.74, 6) is -0.267. The van der Waals surface area contributed by atoms with Crippen LogP contribution in [0.25, 0.3) is 10.6 Å². The minimum atomic E-state index is -0.418. The Morgan fingerprint density at radius 1 is 1.27 bits per heavy atom. The lowest BCUT2D eigenvalue weighted by Gasteiger charge is -2.25. The van der Waals surface area contributed by atoms with Crippen LogP contribution in [0, 0.1) is 19.8 Å². The van der Waals surface area contributed by atoms with Crippen LogP contribution in [0.1, 0.15) is 37.8 Å². The van der Waals surface area contributed by atoms with Crippen molar-refractivity contribution < 1.29 is 9.59 Å². The molecule has 0 radical (unpaired) electrons. The Kier molecular flexibility index (Phi) is 5.36. The summed E-state index contributed by atoms with van der Waals surface area (Å²) in [6, 6.07) is 5.74. The quantitative estimate of drug-likeness (QED) is 0.892. The van der Waals surface area contributed by atoms with Crippen LogP contribution in [-0.4, -0.2) is 39.5 Å². The van der Waals surface area contributed by atoms with Gasteiger partial charge in [0.15, 0.2) is 0 Å². The van der Waals surface area contributed by atoms with Crippen LogP contribution in [0.4, 0.5) is 5.13 Å². The molecule has 0 aliphatic carbocycles. The van der Waals surface area contributed by atoms with Gasteiger partial charge in [0.25, 0.3) is 0 Å². The van der Waals surface area contributed by atoms with Gasteiger partial charge in [-0.2, -0.15) is 0 Å². The van der Waals surface area contributed by atoms with Crippen LogP contribution in [0.2, 0.25) is 0 Å². The zero-order chi connectivity index (χ0) is 18.8. The summed E-state index contributed by atoms with van der Waals surface area (Å²) in [4.78, 5) is 26.6. The molecule has 2 heterocycles. The summed E-state index contributed by atoms with van der Waals surface area (Å²) in [5, 5.41) is 12.4. The Morgan fingerprint density at radius 3 is 2.73 bits per heavy atom. The average Bonchev–Trinajstić information content (AvgIpc) is 3.23. The van der Waals surface area contributed by atoms with E-state index in [1.165, 1.54) is 16.9 Å². The molecule has 3 rings (SSSR count). The summed E-state index contributed by atoms with van der Waals surface area (Å²) < 4.78 is 0. The first-order valence-corrected chi connectivity index (χ1v) is 9.71. The molecule has 1 aromatic heterocycles. The minimum Gasteiger partial charge on any atom is -0.330 e. The number of rotatable bonds is 4. The van der Waals surface area contributed by atoms with Crippen molar-refractivity contribution in [2.45, 2.75) is 46.6 Å². The number of amides is 2. The molecule has 2 amide bonds. The van der Waals surface area contributed by atoms with Crippen LogP contribution >= 0.6 is 11.3 Å². The average molecular weight is 372 g/mol. The maximum absolute atomic E-state index is 12.6. The van der Waals surface area contributed by atoms with Crippen molar-refractivity contribution in [3.63, 3.8) is 0 Å². The third kappa shape index (κ3) is 3.77. The zero-order valence-electron chi connectivity index (χ0n) is 15.6. The number of benzene rings is 1. The Bertz CT molecular complexity index is 831. The van der Waals surface area contributed by atoms with Crippen LogP contribution in [0.3, 0.4) is 0 Å². The predicted octanol–water partition coefficient (Wildman–Crippen LogP) is 3.41. The van der Waals surface area contributed by atoms with Crippen molar-refractivity contribution in [2.75, 3.05) is 11.9 Å². The van der Waals surface area contributed by atoms with Crippen molar-refractivity contribution in [1.29, 1.82) is 0 Å². The van der Waals surface area contributed by atoms with E-state index in [0.29, 0.717) is 18.1 Å². The van der Waals surface area contributed by atoms with E-state index in [-0.39, 0.29) is 17.7 Å². The van der Waals surface area contributed by atoms with Gasteiger partial charge in [-0.1, -0.05) is 48.9 Å². The van der Waals surface area contributed by atoms with Crippen molar-refractivity contribution in [3.05, 3.63) is 29.3 Å². The molecule has 26 heavy (non-hydrogen) atoms. The van der Waals surface area contributed by atoms with E-state index in [0.717, 1.165) is 22.6 Å². The fourth-order valence-corrected chi connectivity index (χ4v) is 4.10. The summed E-state index contributed by atoms with van der Waals surface area (Å²) in [6.45, 7) is 8.44. The first kappa shape index (κ1) is 18.5. The molecule has 0 spiro atoms. The van der Waals surface area contributed by atoms with Gasteiger partial charge in [-0.15, -0.1) is 10.2 Å². The summed E-state index contributed by atoms with van der Waals surface area (Å²) >= 11 is 1.35. The first-order chi connectivity index (χ1) is 12.4. The number of likely N-dealkylation sites (tertiary alicyclic amines) is 1. The second kappa shape index (κ2) is 7.53. The number of aromatic nitrogens is 2. The third-order valence-electron chi connectivity index (χ3n) is 4.60. The molecule has 1 atom stereocenters. The number of aryl methyl sites for hydroxylation is 2. The van der Waals surface area contributed by atoms with Crippen LogP contribution in [-0.2, 0) is 9.59 Å². The van der Waals surface area contributed by atoms with Crippen LogP contribution in [0.15, 0.2) is 18.2 Å². The number of anilines is 1. The first-order valence-electron chi connectivity index (χ1n) is 8.89. The van der Waals surface area contributed by atoms with Crippen molar-refractivity contribution >= 4 is 28.3 Å². The third-order valence-corrected chi connectivity index (χ3v) is 5.47. The predicted molar refractivity (Wildman–Crippen MR) is 103 cm³/mol. The monoisotopic (exact) mass is 372 g/mol. The highest BCUT2D eigenvalue weighted by Gasteiger charge is 2.35. The summed E-state index contributed by atoms with van der Waals surface area (Å²) in [5.41, 5.74) is 3.34. The van der Waals surface area contributed by atoms with Crippen LogP contribution in [0.5, 0.6) is 0 Å². The molecule has 0 bridgehead atoms. The molecule has 1 unspecified atom stereocenters. The number of nitrogens with zero attached hydrogens (tertiary/aromatic N) is 3. The Morgan fingerprint density at radius 2 is 2.04 bits per heavy atom. The molecule has 138 valence electrons. The lowest BCUT2D eigenvalue weighted by molar-refractivity contribution is -0.139. The standard InChI is InChI=1S/C19H24N4O2S/c1-11(2)18(25)23-9-5-6-15(23)16(24)20-19-22-21-17(26-19)14-8-7-12(3)10-13(14)4/h7-8,10-11,15H,5-6,9H2,1-4H3,(H,20,22,24). The van der Waals surface area contributed by atoms with Gasteiger partial charge in [0, 0.05) is 18.0 Å². The normalized spacial score (nSPS) is 17.0. The zero-order valence-corrected chi connectivity index (χ0v) is 16.4. The molecule has 1 aromatic carbocycles.